The molecule has 1 atom stereocenters. The molecule has 24 heavy (non-hydrogen) atoms. The smallest absolute Gasteiger partial charge is 0.241 e. The minimum absolute atomic E-state index is 0.0145. The Labute approximate surface area is 141 Å². The highest BCUT2D eigenvalue weighted by Gasteiger charge is 2.21. The van der Waals surface area contributed by atoms with Crippen molar-refractivity contribution in [1.29, 1.82) is 0 Å². The monoisotopic (exact) mass is 349 g/mol. The van der Waals surface area contributed by atoms with E-state index in [2.05, 4.69) is 16.9 Å². The van der Waals surface area contributed by atoms with Crippen molar-refractivity contribution >= 4 is 10.0 Å². The van der Waals surface area contributed by atoms with E-state index >= 15 is 0 Å². The first-order chi connectivity index (χ1) is 11.4. The van der Waals surface area contributed by atoms with E-state index in [0.29, 0.717) is 0 Å². The molecule has 3 rings (SSSR count). The minimum atomic E-state index is -3.81. The summed E-state index contributed by atoms with van der Waals surface area (Å²) in [5.74, 6) is -0.689. The van der Waals surface area contributed by atoms with Crippen molar-refractivity contribution < 1.29 is 17.5 Å². The summed E-state index contributed by atoms with van der Waals surface area (Å²) in [6, 6.07) is 9.29. The number of hydrogen-bond acceptors (Lipinski definition) is 3. The zero-order chi connectivity index (χ0) is 17.3. The molecule has 1 aliphatic rings. The Morgan fingerprint density at radius 1 is 1.12 bits per heavy atom. The van der Waals surface area contributed by atoms with Gasteiger partial charge in [-0.2, -0.15) is 0 Å². The fourth-order valence-electron chi connectivity index (χ4n) is 3.04. The van der Waals surface area contributed by atoms with Gasteiger partial charge in [0.15, 0.2) is 11.6 Å². The van der Waals surface area contributed by atoms with Gasteiger partial charge >= 0.3 is 0 Å². The van der Waals surface area contributed by atoms with Crippen molar-refractivity contribution in [1.82, 2.24) is 4.72 Å². The minimum Gasteiger partial charge on any atom is -0.494 e. The van der Waals surface area contributed by atoms with Crippen molar-refractivity contribution in [3.8, 4) is 5.75 Å². The van der Waals surface area contributed by atoms with Crippen molar-refractivity contribution in [3.05, 3.63) is 58.9 Å². The summed E-state index contributed by atoms with van der Waals surface area (Å²) < 4.78 is 46.2. The lowest BCUT2D eigenvalue weighted by molar-refractivity contribution is 0.385. The van der Waals surface area contributed by atoms with Gasteiger partial charge in [0.1, 0.15) is 0 Å². The fraction of sp³-hybridized carbons (Fsp3) is 0.333. The SMILES string of the molecule is COc1ccc(S(=O)(=O)NC(C)c2ccc3c(c2)CCC3)cc1F. The van der Waals surface area contributed by atoms with E-state index in [0.717, 1.165) is 30.9 Å². The highest BCUT2D eigenvalue weighted by Crippen LogP contribution is 2.27. The zero-order valence-corrected chi connectivity index (χ0v) is 14.5. The van der Waals surface area contributed by atoms with E-state index in [-0.39, 0.29) is 10.6 Å². The molecule has 0 saturated carbocycles. The first kappa shape index (κ1) is 16.9. The molecule has 4 nitrogen and oxygen atoms in total. The second kappa shape index (κ2) is 6.53. The molecule has 1 N–H and O–H groups in total. The Hall–Kier alpha value is -1.92. The second-order valence-corrected chi connectivity index (χ2v) is 7.74. The maximum atomic E-state index is 13.8. The fourth-order valence-corrected chi connectivity index (χ4v) is 4.29. The Bertz CT molecular complexity index is 865. The topological polar surface area (TPSA) is 55.4 Å². The van der Waals surface area contributed by atoms with Crippen LogP contribution in [-0.2, 0) is 22.9 Å². The van der Waals surface area contributed by atoms with Crippen LogP contribution < -0.4 is 9.46 Å². The molecule has 0 spiro atoms. The van der Waals surface area contributed by atoms with Crippen LogP contribution >= 0.6 is 0 Å². The van der Waals surface area contributed by atoms with E-state index in [4.69, 9.17) is 4.74 Å². The summed E-state index contributed by atoms with van der Waals surface area (Å²) in [5, 5.41) is 0. The molecule has 0 amide bonds. The first-order valence-corrected chi connectivity index (χ1v) is 9.36. The highest BCUT2D eigenvalue weighted by molar-refractivity contribution is 7.89. The van der Waals surface area contributed by atoms with E-state index < -0.39 is 21.9 Å². The van der Waals surface area contributed by atoms with Gasteiger partial charge in [-0.05, 0) is 61.1 Å². The van der Waals surface area contributed by atoms with Crippen LogP contribution in [0.25, 0.3) is 0 Å². The number of rotatable bonds is 5. The maximum Gasteiger partial charge on any atom is 0.241 e. The number of ether oxygens (including phenoxy) is 1. The average Bonchev–Trinajstić information content (AvgIpc) is 3.01. The largest absolute Gasteiger partial charge is 0.494 e. The average molecular weight is 349 g/mol. The van der Waals surface area contributed by atoms with Gasteiger partial charge in [0.05, 0.1) is 12.0 Å². The zero-order valence-electron chi connectivity index (χ0n) is 13.7. The third-order valence-corrected chi connectivity index (χ3v) is 5.93. The van der Waals surface area contributed by atoms with Gasteiger partial charge in [-0.15, -0.1) is 0 Å². The number of fused-ring (bicyclic) bond motifs is 1. The predicted octanol–water partition coefficient (Wildman–Crippen LogP) is 3.36. The van der Waals surface area contributed by atoms with E-state index in [9.17, 15) is 12.8 Å². The van der Waals surface area contributed by atoms with Crippen molar-refractivity contribution in [2.24, 2.45) is 0 Å². The number of benzene rings is 2. The molecule has 0 aromatic heterocycles. The molecule has 6 heteroatoms. The van der Waals surface area contributed by atoms with Crippen molar-refractivity contribution in [3.63, 3.8) is 0 Å². The van der Waals surface area contributed by atoms with E-state index in [1.807, 2.05) is 6.07 Å². The normalized spacial score (nSPS) is 15.1. The van der Waals surface area contributed by atoms with Crippen LogP contribution in [0.3, 0.4) is 0 Å². The summed E-state index contributed by atoms with van der Waals surface area (Å²) in [5.41, 5.74) is 3.54. The summed E-state index contributed by atoms with van der Waals surface area (Å²) >= 11 is 0. The lowest BCUT2D eigenvalue weighted by atomic mass is 10.0. The maximum absolute atomic E-state index is 13.8. The van der Waals surface area contributed by atoms with Gasteiger partial charge < -0.3 is 4.74 Å². The van der Waals surface area contributed by atoms with Crippen LogP contribution in [0.5, 0.6) is 5.75 Å². The molecular formula is C18H20FNO3S. The number of methoxy groups -OCH3 is 1. The summed E-state index contributed by atoms with van der Waals surface area (Å²) in [6.45, 7) is 1.79. The van der Waals surface area contributed by atoms with Gasteiger partial charge in [0.2, 0.25) is 10.0 Å². The van der Waals surface area contributed by atoms with Crippen LogP contribution in [0.1, 0.15) is 36.1 Å². The van der Waals surface area contributed by atoms with Crippen molar-refractivity contribution in [2.75, 3.05) is 7.11 Å². The highest BCUT2D eigenvalue weighted by atomic mass is 32.2. The number of nitrogens with one attached hydrogen (secondary N) is 1. The number of sulfonamides is 1. The molecule has 0 radical (unpaired) electrons. The Morgan fingerprint density at radius 2 is 1.88 bits per heavy atom. The molecule has 2 aromatic carbocycles. The van der Waals surface area contributed by atoms with Crippen LogP contribution in [0.2, 0.25) is 0 Å². The number of halogens is 1. The molecule has 0 heterocycles. The first-order valence-electron chi connectivity index (χ1n) is 7.88. The van der Waals surface area contributed by atoms with Crippen LogP contribution in [0, 0.1) is 5.82 Å². The lowest BCUT2D eigenvalue weighted by Gasteiger charge is -2.16. The third-order valence-electron chi connectivity index (χ3n) is 4.39. The standard InChI is InChI=1S/C18H20FNO3S/c1-12(14-7-6-13-4-3-5-15(13)10-14)20-24(21,22)16-8-9-18(23-2)17(19)11-16/h6-12,20H,3-5H2,1-2H3. The predicted molar refractivity (Wildman–Crippen MR) is 90.2 cm³/mol. The molecular weight excluding hydrogens is 329 g/mol. The van der Waals surface area contributed by atoms with Crippen molar-refractivity contribution in [2.45, 2.75) is 37.1 Å². The molecule has 128 valence electrons. The molecule has 2 aromatic rings. The van der Waals surface area contributed by atoms with Crippen LogP contribution in [-0.4, -0.2) is 15.5 Å². The third kappa shape index (κ3) is 3.30. The summed E-state index contributed by atoms with van der Waals surface area (Å²) in [4.78, 5) is -0.117. The lowest BCUT2D eigenvalue weighted by Crippen LogP contribution is -2.27. The number of hydrogen-bond donors (Lipinski definition) is 1. The summed E-state index contributed by atoms with van der Waals surface area (Å²) in [7, 11) is -2.48. The van der Waals surface area contributed by atoms with Gasteiger partial charge in [-0.25, -0.2) is 17.5 Å². The van der Waals surface area contributed by atoms with E-state index in [1.54, 1.807) is 6.92 Å². The molecule has 1 aliphatic carbocycles. The molecule has 1 unspecified atom stereocenters. The van der Waals surface area contributed by atoms with Gasteiger partial charge in [0, 0.05) is 6.04 Å². The Morgan fingerprint density at radius 3 is 2.58 bits per heavy atom. The Kier molecular flexibility index (Phi) is 4.60. The quantitative estimate of drug-likeness (QED) is 0.900. The van der Waals surface area contributed by atoms with Crippen LogP contribution in [0.4, 0.5) is 4.39 Å². The molecule has 0 aliphatic heterocycles. The van der Waals surface area contributed by atoms with Gasteiger partial charge in [-0.3, -0.25) is 0 Å². The molecule has 0 bridgehead atoms. The number of aryl methyl sites for hydroxylation is 2. The van der Waals surface area contributed by atoms with Gasteiger partial charge in [-0.1, -0.05) is 18.2 Å². The Balaban J connectivity index is 1.82. The van der Waals surface area contributed by atoms with Gasteiger partial charge in [0.25, 0.3) is 0 Å². The molecule has 0 saturated heterocycles. The van der Waals surface area contributed by atoms with Crippen LogP contribution in [0.15, 0.2) is 41.3 Å². The molecule has 0 fully saturated rings. The summed E-state index contributed by atoms with van der Waals surface area (Å²) in [6.07, 6.45) is 3.26. The second-order valence-electron chi connectivity index (χ2n) is 6.02. The van der Waals surface area contributed by atoms with E-state index in [1.165, 1.54) is 30.4 Å².